The number of carbonyl (C=O) groups is 1. The maximum atomic E-state index is 12.9. The summed E-state index contributed by atoms with van der Waals surface area (Å²) < 4.78 is 49.9. The van der Waals surface area contributed by atoms with Gasteiger partial charge in [-0.15, -0.1) is 0 Å². The first-order chi connectivity index (χ1) is 7.89. The van der Waals surface area contributed by atoms with Crippen LogP contribution in [0.5, 0.6) is 0 Å². The monoisotopic (exact) mass is 255 g/mol. The number of nitrogens with zero attached hydrogens (tertiary/aromatic N) is 1. The van der Waals surface area contributed by atoms with Crippen molar-refractivity contribution in [3.63, 3.8) is 0 Å². The van der Waals surface area contributed by atoms with Crippen LogP contribution in [-0.4, -0.2) is 36.2 Å². The summed E-state index contributed by atoms with van der Waals surface area (Å²) in [6.45, 7) is 2.30. The van der Waals surface area contributed by atoms with Crippen LogP contribution >= 0.6 is 0 Å². The van der Waals surface area contributed by atoms with E-state index in [9.17, 15) is 22.4 Å². The molecule has 0 aromatic heterocycles. The second kappa shape index (κ2) is 5.69. The Kier molecular flexibility index (Phi) is 4.77. The molecule has 1 fully saturated rings. The van der Waals surface area contributed by atoms with Crippen LogP contribution in [0.3, 0.4) is 0 Å². The van der Waals surface area contributed by atoms with Gasteiger partial charge in [-0.1, -0.05) is 13.3 Å². The van der Waals surface area contributed by atoms with Crippen LogP contribution in [0.25, 0.3) is 0 Å². The van der Waals surface area contributed by atoms with E-state index in [2.05, 4.69) is 0 Å². The molecule has 1 aliphatic rings. The Morgan fingerprint density at radius 2 is 2.00 bits per heavy atom. The normalized spacial score (nSPS) is 22.7. The van der Waals surface area contributed by atoms with Crippen LogP contribution in [0, 0.1) is 5.92 Å². The number of alkyl halides is 4. The average Bonchev–Trinajstić information content (AvgIpc) is 2.52. The minimum absolute atomic E-state index is 0.150. The lowest BCUT2D eigenvalue weighted by Crippen LogP contribution is -2.48. The molecule has 0 radical (unpaired) electrons. The van der Waals surface area contributed by atoms with E-state index in [1.54, 1.807) is 0 Å². The minimum Gasteiger partial charge on any atom is -0.337 e. The summed E-state index contributed by atoms with van der Waals surface area (Å²) in [5.41, 5.74) is 0. The molecule has 0 aromatic rings. The molecule has 1 aliphatic heterocycles. The molecule has 1 heterocycles. The molecular weight excluding hydrogens is 238 g/mol. The molecule has 6 heteroatoms. The van der Waals surface area contributed by atoms with Gasteiger partial charge in [-0.25, -0.2) is 8.78 Å². The van der Waals surface area contributed by atoms with Crippen molar-refractivity contribution >= 4 is 5.91 Å². The van der Waals surface area contributed by atoms with Crippen molar-refractivity contribution in [2.45, 2.75) is 45.0 Å². The zero-order chi connectivity index (χ0) is 13.1. The van der Waals surface area contributed by atoms with Crippen LogP contribution in [-0.2, 0) is 4.79 Å². The molecule has 0 spiro atoms. The summed E-state index contributed by atoms with van der Waals surface area (Å²) in [6, 6.07) is 0. The number of hydrogen-bond donors (Lipinski definition) is 0. The highest BCUT2D eigenvalue weighted by Crippen LogP contribution is 2.28. The third-order valence-electron chi connectivity index (χ3n) is 3.27. The maximum absolute atomic E-state index is 12.9. The molecule has 0 bridgehead atoms. The molecule has 2 nitrogen and oxygen atoms in total. The standard InChI is InChI=1S/C11H17F4NO/c1-2-8-4-3-6-16(7-5-8)10(17)11(14,15)9(12)13/h8-9H,2-7H2,1H3. The molecule has 1 amide bonds. The van der Waals surface area contributed by atoms with Crippen LogP contribution in [0.15, 0.2) is 0 Å². The summed E-state index contributed by atoms with van der Waals surface area (Å²) in [4.78, 5) is 12.2. The Labute approximate surface area is 98.0 Å². The van der Waals surface area contributed by atoms with Crippen LogP contribution in [0.4, 0.5) is 17.6 Å². The lowest BCUT2D eigenvalue weighted by atomic mass is 9.98. The Bertz CT molecular complexity index is 270. The van der Waals surface area contributed by atoms with Gasteiger partial charge in [0.05, 0.1) is 0 Å². The summed E-state index contributed by atoms with van der Waals surface area (Å²) >= 11 is 0. The Morgan fingerprint density at radius 1 is 1.35 bits per heavy atom. The van der Waals surface area contributed by atoms with Crippen molar-refractivity contribution in [3.8, 4) is 0 Å². The van der Waals surface area contributed by atoms with E-state index in [1.807, 2.05) is 6.92 Å². The first-order valence-corrected chi connectivity index (χ1v) is 5.85. The van der Waals surface area contributed by atoms with E-state index in [0.29, 0.717) is 18.8 Å². The second-order valence-electron chi connectivity index (χ2n) is 4.42. The molecule has 0 aromatic carbocycles. The Balaban J connectivity index is 2.64. The fraction of sp³-hybridized carbons (Fsp3) is 0.909. The molecule has 0 aliphatic carbocycles. The highest BCUT2D eigenvalue weighted by Gasteiger charge is 2.51. The zero-order valence-electron chi connectivity index (χ0n) is 9.76. The van der Waals surface area contributed by atoms with Gasteiger partial charge in [0.2, 0.25) is 0 Å². The number of rotatable bonds is 3. The SMILES string of the molecule is CCC1CCCN(C(=O)C(F)(F)C(F)F)CC1. The zero-order valence-corrected chi connectivity index (χ0v) is 9.76. The van der Waals surface area contributed by atoms with Gasteiger partial charge < -0.3 is 4.90 Å². The summed E-state index contributed by atoms with van der Waals surface area (Å²) in [5, 5.41) is 0. The highest BCUT2D eigenvalue weighted by molar-refractivity contribution is 5.84. The first-order valence-electron chi connectivity index (χ1n) is 5.85. The van der Waals surface area contributed by atoms with E-state index in [-0.39, 0.29) is 13.1 Å². The average molecular weight is 255 g/mol. The van der Waals surface area contributed by atoms with Crippen molar-refractivity contribution < 1.29 is 22.4 Å². The van der Waals surface area contributed by atoms with E-state index in [4.69, 9.17) is 0 Å². The molecule has 1 unspecified atom stereocenters. The maximum Gasteiger partial charge on any atom is 0.383 e. The van der Waals surface area contributed by atoms with Crippen molar-refractivity contribution in [2.75, 3.05) is 13.1 Å². The molecule has 0 N–H and O–H groups in total. The fourth-order valence-electron chi connectivity index (χ4n) is 2.08. The quantitative estimate of drug-likeness (QED) is 0.710. The van der Waals surface area contributed by atoms with Crippen molar-refractivity contribution in [2.24, 2.45) is 5.92 Å². The van der Waals surface area contributed by atoms with Crippen molar-refractivity contribution in [1.82, 2.24) is 4.90 Å². The Morgan fingerprint density at radius 3 is 2.53 bits per heavy atom. The van der Waals surface area contributed by atoms with Gasteiger partial charge in [0.1, 0.15) is 0 Å². The van der Waals surface area contributed by atoms with Gasteiger partial charge in [0.25, 0.3) is 5.91 Å². The van der Waals surface area contributed by atoms with Gasteiger partial charge in [0, 0.05) is 13.1 Å². The second-order valence-corrected chi connectivity index (χ2v) is 4.42. The van der Waals surface area contributed by atoms with Crippen molar-refractivity contribution in [1.29, 1.82) is 0 Å². The van der Waals surface area contributed by atoms with Gasteiger partial charge in [0.15, 0.2) is 0 Å². The summed E-state index contributed by atoms with van der Waals surface area (Å²) in [5.74, 6) is -5.89. The lowest BCUT2D eigenvalue weighted by Gasteiger charge is -2.25. The fourth-order valence-corrected chi connectivity index (χ4v) is 2.08. The number of amides is 1. The van der Waals surface area contributed by atoms with Crippen LogP contribution in [0.1, 0.15) is 32.6 Å². The third-order valence-corrected chi connectivity index (χ3v) is 3.27. The van der Waals surface area contributed by atoms with Gasteiger partial charge in [-0.2, -0.15) is 8.78 Å². The number of halogens is 4. The molecule has 1 rings (SSSR count). The molecular formula is C11H17F4NO. The molecule has 1 atom stereocenters. The highest BCUT2D eigenvalue weighted by atomic mass is 19.3. The van der Waals surface area contributed by atoms with E-state index in [1.165, 1.54) is 0 Å². The number of carbonyl (C=O) groups excluding carboxylic acids is 1. The predicted molar refractivity (Wildman–Crippen MR) is 55.2 cm³/mol. The molecule has 0 saturated carbocycles. The van der Waals surface area contributed by atoms with Gasteiger partial charge >= 0.3 is 12.3 Å². The van der Waals surface area contributed by atoms with E-state index >= 15 is 0 Å². The van der Waals surface area contributed by atoms with Gasteiger partial charge in [-0.05, 0) is 25.2 Å². The largest absolute Gasteiger partial charge is 0.383 e. The minimum atomic E-state index is -4.55. The molecule has 17 heavy (non-hydrogen) atoms. The lowest BCUT2D eigenvalue weighted by molar-refractivity contribution is -0.180. The number of hydrogen-bond acceptors (Lipinski definition) is 1. The van der Waals surface area contributed by atoms with E-state index < -0.39 is 18.3 Å². The van der Waals surface area contributed by atoms with Gasteiger partial charge in [-0.3, -0.25) is 4.79 Å². The first kappa shape index (κ1) is 14.3. The summed E-state index contributed by atoms with van der Waals surface area (Å²) in [6.07, 6.45) is -0.931. The van der Waals surface area contributed by atoms with Crippen LogP contribution in [0.2, 0.25) is 0 Å². The predicted octanol–water partition coefficient (Wildman–Crippen LogP) is 2.93. The van der Waals surface area contributed by atoms with Crippen molar-refractivity contribution in [3.05, 3.63) is 0 Å². The number of likely N-dealkylation sites (tertiary alicyclic amines) is 1. The smallest absolute Gasteiger partial charge is 0.337 e. The molecule has 100 valence electrons. The topological polar surface area (TPSA) is 20.3 Å². The summed E-state index contributed by atoms with van der Waals surface area (Å²) in [7, 11) is 0. The third kappa shape index (κ3) is 3.33. The van der Waals surface area contributed by atoms with E-state index in [0.717, 1.165) is 17.7 Å². The van der Waals surface area contributed by atoms with Crippen LogP contribution < -0.4 is 0 Å². The molecule has 1 saturated heterocycles. The Hall–Kier alpha value is -0.810.